The molecule has 25 heavy (non-hydrogen) atoms. The van der Waals surface area contributed by atoms with E-state index in [1.54, 1.807) is 22.7 Å². The van der Waals surface area contributed by atoms with E-state index in [1.165, 1.54) is 0 Å². The van der Waals surface area contributed by atoms with E-state index in [0.717, 1.165) is 54.4 Å². The van der Waals surface area contributed by atoms with Crippen molar-refractivity contribution in [1.29, 1.82) is 0 Å². The number of nitrogens with zero attached hydrogens (tertiary/aromatic N) is 4. The molecule has 0 radical (unpaired) electrons. The summed E-state index contributed by atoms with van der Waals surface area (Å²) in [6.07, 6.45) is 4.79. The Hall–Kier alpha value is -1.83. The third kappa shape index (κ3) is 4.62. The topological polar surface area (TPSA) is 53.9 Å². The Morgan fingerprint density at radius 3 is 2.72 bits per heavy atom. The molecule has 0 spiro atoms. The highest BCUT2D eigenvalue weighted by atomic mass is 32.1. The van der Waals surface area contributed by atoms with Crippen molar-refractivity contribution in [1.82, 2.24) is 19.9 Å². The maximum absolute atomic E-state index is 4.74. The predicted octanol–water partition coefficient (Wildman–Crippen LogP) is 4.47. The van der Waals surface area contributed by atoms with E-state index in [1.807, 2.05) is 17.8 Å². The fourth-order valence-corrected chi connectivity index (χ4v) is 3.94. The molecular formula is C18H23N5S2. The summed E-state index contributed by atoms with van der Waals surface area (Å²) in [5, 5.41) is 10.4. The fourth-order valence-electron chi connectivity index (χ4n) is 2.64. The summed E-state index contributed by atoms with van der Waals surface area (Å²) in [7, 11) is 0. The molecule has 1 N–H and O–H groups in total. The van der Waals surface area contributed by atoms with Crippen LogP contribution < -0.4 is 5.32 Å². The third-order valence-electron chi connectivity index (χ3n) is 4.08. The Kier molecular flexibility index (Phi) is 6.49. The van der Waals surface area contributed by atoms with Crippen LogP contribution in [-0.4, -0.2) is 46.0 Å². The molecule has 5 nitrogen and oxygen atoms in total. The van der Waals surface area contributed by atoms with Gasteiger partial charge in [-0.1, -0.05) is 13.8 Å². The normalized spacial score (nSPS) is 11.2. The molecule has 3 rings (SSSR count). The number of rotatable bonds is 9. The molecule has 0 aromatic carbocycles. The Morgan fingerprint density at radius 1 is 1.16 bits per heavy atom. The molecule has 0 unspecified atom stereocenters. The van der Waals surface area contributed by atoms with E-state index >= 15 is 0 Å². The molecule has 3 heterocycles. The molecule has 0 atom stereocenters. The zero-order valence-electron chi connectivity index (χ0n) is 14.6. The Bertz CT molecular complexity index is 752. The molecule has 3 aromatic heterocycles. The number of hydrogen-bond acceptors (Lipinski definition) is 7. The van der Waals surface area contributed by atoms with Crippen LogP contribution in [0.4, 0.5) is 5.95 Å². The van der Waals surface area contributed by atoms with E-state index in [-0.39, 0.29) is 0 Å². The van der Waals surface area contributed by atoms with Crippen LogP contribution in [0.1, 0.15) is 20.3 Å². The monoisotopic (exact) mass is 373 g/mol. The van der Waals surface area contributed by atoms with Crippen LogP contribution in [0.5, 0.6) is 0 Å². The minimum Gasteiger partial charge on any atom is -0.354 e. The molecule has 3 aromatic rings. The lowest BCUT2D eigenvalue weighted by Gasteiger charge is -2.17. The maximum atomic E-state index is 4.74. The minimum atomic E-state index is 0.670. The van der Waals surface area contributed by atoms with Gasteiger partial charge in [-0.05, 0) is 48.4 Å². The number of thiophene rings is 1. The van der Waals surface area contributed by atoms with E-state index < -0.39 is 0 Å². The van der Waals surface area contributed by atoms with Crippen molar-refractivity contribution in [2.45, 2.75) is 20.3 Å². The van der Waals surface area contributed by atoms with Gasteiger partial charge in [0.15, 0.2) is 0 Å². The van der Waals surface area contributed by atoms with Crippen LogP contribution in [0.3, 0.4) is 0 Å². The summed E-state index contributed by atoms with van der Waals surface area (Å²) in [5.41, 5.74) is 3.07. The quantitative estimate of drug-likeness (QED) is 0.561. The van der Waals surface area contributed by atoms with E-state index in [2.05, 4.69) is 50.9 Å². The van der Waals surface area contributed by atoms with Gasteiger partial charge in [-0.2, -0.15) is 11.3 Å². The summed E-state index contributed by atoms with van der Waals surface area (Å²) in [5.74, 6) is 0.670. The molecule has 7 heteroatoms. The smallest absolute Gasteiger partial charge is 0.223 e. The SMILES string of the molecule is CCN(CC)CCCNc1ncc(-c2ccsc2)c(-c2nccs2)n1. The second kappa shape index (κ2) is 9.03. The second-order valence-electron chi connectivity index (χ2n) is 5.61. The molecule has 0 bridgehead atoms. The average Bonchev–Trinajstić information content (AvgIpc) is 3.35. The molecule has 0 saturated carbocycles. The van der Waals surface area contributed by atoms with Crippen molar-refractivity contribution in [3.63, 3.8) is 0 Å². The van der Waals surface area contributed by atoms with Crippen molar-refractivity contribution < 1.29 is 0 Å². The van der Waals surface area contributed by atoms with Gasteiger partial charge >= 0.3 is 0 Å². The number of aromatic nitrogens is 3. The molecule has 0 aliphatic heterocycles. The van der Waals surface area contributed by atoms with Crippen LogP contribution in [-0.2, 0) is 0 Å². The number of hydrogen-bond donors (Lipinski definition) is 1. The van der Waals surface area contributed by atoms with Crippen LogP contribution in [0, 0.1) is 0 Å². The fraction of sp³-hybridized carbons (Fsp3) is 0.389. The summed E-state index contributed by atoms with van der Waals surface area (Å²) >= 11 is 3.28. The van der Waals surface area contributed by atoms with Crippen LogP contribution in [0.2, 0.25) is 0 Å². The van der Waals surface area contributed by atoms with Crippen LogP contribution >= 0.6 is 22.7 Å². The zero-order valence-corrected chi connectivity index (χ0v) is 16.2. The van der Waals surface area contributed by atoms with E-state index in [0.29, 0.717) is 5.95 Å². The lowest BCUT2D eigenvalue weighted by molar-refractivity contribution is 0.303. The molecule has 132 valence electrons. The van der Waals surface area contributed by atoms with Crippen molar-refractivity contribution in [2.75, 3.05) is 31.5 Å². The van der Waals surface area contributed by atoms with Gasteiger partial charge in [-0.15, -0.1) is 11.3 Å². The lowest BCUT2D eigenvalue weighted by atomic mass is 10.1. The van der Waals surface area contributed by atoms with Crippen molar-refractivity contribution >= 4 is 28.6 Å². The highest BCUT2D eigenvalue weighted by molar-refractivity contribution is 7.13. The van der Waals surface area contributed by atoms with Gasteiger partial charge in [0.25, 0.3) is 0 Å². The minimum absolute atomic E-state index is 0.670. The highest BCUT2D eigenvalue weighted by Crippen LogP contribution is 2.32. The van der Waals surface area contributed by atoms with Crippen molar-refractivity contribution in [3.8, 4) is 21.8 Å². The summed E-state index contributed by atoms with van der Waals surface area (Å²) in [6.45, 7) is 8.54. The van der Waals surface area contributed by atoms with Crippen molar-refractivity contribution in [3.05, 3.63) is 34.6 Å². The van der Waals surface area contributed by atoms with E-state index in [4.69, 9.17) is 4.98 Å². The van der Waals surface area contributed by atoms with Gasteiger partial charge in [0.2, 0.25) is 5.95 Å². The third-order valence-corrected chi connectivity index (χ3v) is 5.55. The first kappa shape index (κ1) is 18.0. The van der Waals surface area contributed by atoms with Gasteiger partial charge in [-0.25, -0.2) is 15.0 Å². The first-order valence-electron chi connectivity index (χ1n) is 8.57. The number of nitrogens with one attached hydrogen (secondary N) is 1. The number of anilines is 1. The Labute approximate surface area is 156 Å². The molecule has 0 saturated heterocycles. The van der Waals surface area contributed by atoms with Gasteiger partial charge in [0, 0.05) is 29.9 Å². The standard InChI is InChI=1S/C18H23N5S2/c1-3-23(4-2)9-5-7-20-18-21-12-15(14-6-10-24-13-14)16(22-18)17-19-8-11-25-17/h6,8,10-13H,3-5,7,9H2,1-2H3,(H,20,21,22). The molecular weight excluding hydrogens is 350 g/mol. The maximum Gasteiger partial charge on any atom is 0.223 e. The molecule has 0 fully saturated rings. The summed E-state index contributed by atoms with van der Waals surface area (Å²) < 4.78 is 0. The van der Waals surface area contributed by atoms with Gasteiger partial charge in [0.05, 0.1) is 0 Å². The van der Waals surface area contributed by atoms with Gasteiger partial charge in [-0.3, -0.25) is 0 Å². The Morgan fingerprint density at radius 2 is 2.04 bits per heavy atom. The zero-order chi connectivity index (χ0) is 17.5. The second-order valence-corrected chi connectivity index (χ2v) is 7.29. The predicted molar refractivity (Wildman–Crippen MR) is 107 cm³/mol. The molecule has 0 amide bonds. The van der Waals surface area contributed by atoms with Gasteiger partial charge < -0.3 is 10.2 Å². The lowest BCUT2D eigenvalue weighted by Crippen LogP contribution is -2.25. The number of thiazole rings is 1. The van der Waals surface area contributed by atoms with Crippen LogP contribution in [0.15, 0.2) is 34.6 Å². The first-order chi connectivity index (χ1) is 12.3. The van der Waals surface area contributed by atoms with Gasteiger partial charge in [0.1, 0.15) is 10.7 Å². The molecule has 0 aliphatic carbocycles. The summed E-state index contributed by atoms with van der Waals surface area (Å²) in [4.78, 5) is 16.1. The van der Waals surface area contributed by atoms with Crippen molar-refractivity contribution in [2.24, 2.45) is 0 Å². The average molecular weight is 374 g/mol. The van der Waals surface area contributed by atoms with E-state index in [9.17, 15) is 0 Å². The first-order valence-corrected chi connectivity index (χ1v) is 10.4. The molecule has 0 aliphatic rings. The highest BCUT2D eigenvalue weighted by Gasteiger charge is 2.14. The largest absolute Gasteiger partial charge is 0.354 e. The van der Waals surface area contributed by atoms with Crippen LogP contribution in [0.25, 0.3) is 21.8 Å². The summed E-state index contributed by atoms with van der Waals surface area (Å²) in [6, 6.07) is 2.09. The Balaban J connectivity index is 1.73.